The van der Waals surface area contributed by atoms with E-state index in [1.807, 2.05) is 13.0 Å². The Morgan fingerprint density at radius 3 is 2.89 bits per heavy atom. The van der Waals surface area contributed by atoms with Gasteiger partial charge in [0.1, 0.15) is 11.7 Å². The lowest BCUT2D eigenvalue weighted by Gasteiger charge is -2.36. The fourth-order valence-electron chi connectivity index (χ4n) is 2.51. The lowest BCUT2D eigenvalue weighted by Crippen LogP contribution is -2.39. The molecule has 1 heterocycles. The molecule has 96 valence electrons. The second-order valence-electron chi connectivity index (χ2n) is 4.94. The van der Waals surface area contributed by atoms with E-state index in [0.29, 0.717) is 12.8 Å². The number of rotatable bonds is 2. The highest BCUT2D eigenvalue weighted by molar-refractivity contribution is 5.99. The molecular weight excluding hydrogens is 232 g/mol. The Hall–Kier alpha value is -1.78. The van der Waals surface area contributed by atoms with E-state index in [4.69, 9.17) is 4.74 Å². The number of nitrogens with zero attached hydrogens (tertiary/aromatic N) is 2. The summed E-state index contributed by atoms with van der Waals surface area (Å²) in [6, 6.07) is 1.89. The van der Waals surface area contributed by atoms with Crippen molar-refractivity contribution in [2.45, 2.75) is 31.6 Å². The van der Waals surface area contributed by atoms with Gasteiger partial charge in [-0.1, -0.05) is 6.92 Å². The molecule has 1 aromatic rings. The number of Topliss-reactive ketones (excluding diaryl/α,β-unsaturated/α-hetero) is 1. The Morgan fingerprint density at radius 2 is 2.28 bits per heavy atom. The maximum Gasteiger partial charge on any atom is 0.316 e. The maximum atomic E-state index is 11.8. The normalized spacial score (nSPS) is 27.9. The molecule has 1 aromatic heterocycles. The van der Waals surface area contributed by atoms with Gasteiger partial charge in [0.25, 0.3) is 0 Å². The quantitative estimate of drug-likeness (QED) is 0.582. The molecule has 0 aliphatic heterocycles. The number of hydrogen-bond acceptors (Lipinski definition) is 5. The molecule has 0 N–H and O–H groups in total. The van der Waals surface area contributed by atoms with E-state index in [-0.39, 0.29) is 11.2 Å². The average Bonchev–Trinajstić information content (AvgIpc) is 2.42. The van der Waals surface area contributed by atoms with Crippen LogP contribution in [-0.2, 0) is 19.7 Å². The minimum Gasteiger partial charge on any atom is -0.468 e. The Labute approximate surface area is 106 Å². The first-order chi connectivity index (χ1) is 8.57. The number of hydrogen-bond donors (Lipinski definition) is 0. The Balaban J connectivity index is 2.26. The van der Waals surface area contributed by atoms with Crippen molar-refractivity contribution in [3.63, 3.8) is 0 Å². The molecule has 0 spiro atoms. The first kappa shape index (κ1) is 12.7. The number of aromatic nitrogens is 2. The summed E-state index contributed by atoms with van der Waals surface area (Å²) in [5, 5.41) is 7.61. The molecule has 1 saturated carbocycles. The highest BCUT2D eigenvalue weighted by atomic mass is 16.5. The number of ketones is 1. The van der Waals surface area contributed by atoms with Crippen LogP contribution in [0.2, 0.25) is 0 Å². The van der Waals surface area contributed by atoms with Crippen LogP contribution in [0.4, 0.5) is 0 Å². The lowest BCUT2D eigenvalue weighted by atomic mass is 9.67. The van der Waals surface area contributed by atoms with Crippen molar-refractivity contribution in [2.24, 2.45) is 5.92 Å². The van der Waals surface area contributed by atoms with Crippen molar-refractivity contribution in [2.75, 3.05) is 7.11 Å². The molecule has 1 fully saturated rings. The Kier molecular flexibility index (Phi) is 3.41. The van der Waals surface area contributed by atoms with E-state index in [1.54, 1.807) is 12.4 Å². The summed E-state index contributed by atoms with van der Waals surface area (Å²) in [5.74, 6) is -1.11. The molecule has 5 nitrogen and oxygen atoms in total. The maximum absolute atomic E-state index is 11.8. The van der Waals surface area contributed by atoms with Crippen LogP contribution in [-0.4, -0.2) is 29.1 Å². The van der Waals surface area contributed by atoms with Crippen LogP contribution >= 0.6 is 0 Å². The smallest absolute Gasteiger partial charge is 0.316 e. The van der Waals surface area contributed by atoms with Crippen LogP contribution in [0.3, 0.4) is 0 Å². The van der Waals surface area contributed by atoms with Crippen LogP contribution < -0.4 is 0 Å². The molecule has 2 atom stereocenters. The first-order valence-corrected chi connectivity index (χ1v) is 5.94. The van der Waals surface area contributed by atoms with Gasteiger partial charge in [0.2, 0.25) is 0 Å². The first-order valence-electron chi connectivity index (χ1n) is 5.94. The monoisotopic (exact) mass is 248 g/mol. The molecule has 0 aromatic carbocycles. The average molecular weight is 248 g/mol. The van der Waals surface area contributed by atoms with Gasteiger partial charge in [-0.15, -0.1) is 0 Å². The SMILES string of the molecule is COC(=O)C1CC(C)(c2ccnnc2)CCC1=O. The highest BCUT2D eigenvalue weighted by Gasteiger charge is 2.42. The van der Waals surface area contributed by atoms with E-state index in [2.05, 4.69) is 10.2 Å². The van der Waals surface area contributed by atoms with Gasteiger partial charge < -0.3 is 4.74 Å². The zero-order valence-corrected chi connectivity index (χ0v) is 10.5. The van der Waals surface area contributed by atoms with Crippen LogP contribution in [0.5, 0.6) is 0 Å². The lowest BCUT2D eigenvalue weighted by molar-refractivity contribution is -0.151. The van der Waals surface area contributed by atoms with E-state index in [0.717, 1.165) is 12.0 Å². The molecule has 18 heavy (non-hydrogen) atoms. The van der Waals surface area contributed by atoms with Crippen LogP contribution in [0.1, 0.15) is 31.7 Å². The summed E-state index contributed by atoms with van der Waals surface area (Å²) in [4.78, 5) is 23.4. The predicted octanol–water partition coefficient (Wildman–Crippen LogP) is 1.28. The zero-order chi connectivity index (χ0) is 13.2. The second kappa shape index (κ2) is 4.84. The van der Waals surface area contributed by atoms with Gasteiger partial charge in [-0.2, -0.15) is 10.2 Å². The second-order valence-corrected chi connectivity index (χ2v) is 4.94. The molecule has 0 amide bonds. The number of carbonyl (C=O) groups is 2. The topological polar surface area (TPSA) is 69.2 Å². The molecule has 2 unspecified atom stereocenters. The van der Waals surface area contributed by atoms with Crippen LogP contribution in [0.15, 0.2) is 18.5 Å². The largest absolute Gasteiger partial charge is 0.468 e. The van der Waals surface area contributed by atoms with Crippen molar-refractivity contribution in [3.8, 4) is 0 Å². The summed E-state index contributed by atoms with van der Waals surface area (Å²) >= 11 is 0. The molecular formula is C13H16N2O3. The zero-order valence-electron chi connectivity index (χ0n) is 10.5. The minimum atomic E-state index is -0.651. The van der Waals surface area contributed by atoms with Crippen LogP contribution in [0, 0.1) is 5.92 Å². The third kappa shape index (κ3) is 2.25. The van der Waals surface area contributed by atoms with E-state index in [9.17, 15) is 9.59 Å². The number of esters is 1. The standard InChI is InChI=1S/C13H16N2O3/c1-13(9-4-6-14-15-8-9)5-3-11(16)10(7-13)12(17)18-2/h4,6,8,10H,3,5,7H2,1-2H3. The summed E-state index contributed by atoms with van der Waals surface area (Å²) in [6.07, 6.45) is 4.93. The number of methoxy groups -OCH3 is 1. The molecule has 0 radical (unpaired) electrons. The van der Waals surface area contributed by atoms with Crippen molar-refractivity contribution in [1.29, 1.82) is 0 Å². The molecule has 0 saturated heterocycles. The summed E-state index contributed by atoms with van der Waals surface area (Å²) in [6.45, 7) is 2.05. The fraction of sp³-hybridized carbons (Fsp3) is 0.538. The highest BCUT2D eigenvalue weighted by Crippen LogP contribution is 2.40. The van der Waals surface area contributed by atoms with Crippen molar-refractivity contribution >= 4 is 11.8 Å². The summed E-state index contributed by atoms with van der Waals surface area (Å²) in [5.41, 5.74) is 0.793. The van der Waals surface area contributed by atoms with Gasteiger partial charge in [-0.3, -0.25) is 9.59 Å². The predicted molar refractivity (Wildman–Crippen MR) is 63.7 cm³/mol. The third-order valence-electron chi connectivity index (χ3n) is 3.73. The van der Waals surface area contributed by atoms with E-state index >= 15 is 0 Å². The van der Waals surface area contributed by atoms with Gasteiger partial charge in [0.05, 0.1) is 13.3 Å². The van der Waals surface area contributed by atoms with Crippen molar-refractivity contribution < 1.29 is 14.3 Å². The molecule has 1 aliphatic rings. The number of ether oxygens (including phenoxy) is 1. The van der Waals surface area contributed by atoms with Gasteiger partial charge in [0, 0.05) is 12.6 Å². The van der Waals surface area contributed by atoms with E-state index < -0.39 is 11.9 Å². The Morgan fingerprint density at radius 1 is 1.50 bits per heavy atom. The van der Waals surface area contributed by atoms with Crippen molar-refractivity contribution in [3.05, 3.63) is 24.0 Å². The van der Waals surface area contributed by atoms with Gasteiger partial charge in [0.15, 0.2) is 0 Å². The van der Waals surface area contributed by atoms with Crippen molar-refractivity contribution in [1.82, 2.24) is 10.2 Å². The fourth-order valence-corrected chi connectivity index (χ4v) is 2.51. The number of carbonyl (C=O) groups excluding carboxylic acids is 2. The Bertz CT molecular complexity index is 453. The molecule has 5 heteroatoms. The molecule has 1 aliphatic carbocycles. The van der Waals surface area contributed by atoms with E-state index in [1.165, 1.54) is 7.11 Å². The van der Waals surface area contributed by atoms with Gasteiger partial charge in [-0.05, 0) is 29.9 Å². The third-order valence-corrected chi connectivity index (χ3v) is 3.73. The van der Waals surface area contributed by atoms with Gasteiger partial charge >= 0.3 is 5.97 Å². The summed E-state index contributed by atoms with van der Waals surface area (Å²) in [7, 11) is 1.32. The molecule has 2 rings (SSSR count). The molecule has 0 bridgehead atoms. The van der Waals surface area contributed by atoms with Crippen LogP contribution in [0.25, 0.3) is 0 Å². The summed E-state index contributed by atoms with van der Waals surface area (Å²) < 4.78 is 4.70. The van der Waals surface area contributed by atoms with Gasteiger partial charge in [-0.25, -0.2) is 0 Å². The minimum absolute atomic E-state index is 0.0265.